The van der Waals surface area contributed by atoms with Crippen LogP contribution in [-0.4, -0.2) is 45.3 Å². The fourth-order valence-electron chi connectivity index (χ4n) is 5.79. The maximum Gasteiger partial charge on any atom is 0.251 e. The van der Waals surface area contributed by atoms with Crippen LogP contribution in [0.2, 0.25) is 5.02 Å². The summed E-state index contributed by atoms with van der Waals surface area (Å²) in [5.74, 6) is -3.36. The van der Waals surface area contributed by atoms with Gasteiger partial charge in [-0.2, -0.15) is 5.10 Å². The van der Waals surface area contributed by atoms with Crippen LogP contribution in [0.15, 0.2) is 79.4 Å². The Labute approximate surface area is 283 Å². The molecule has 0 aliphatic carbocycles. The SMILES string of the molecule is C=CC(F)c1cc2cc(C(=O)NC[C@@](O)(c3ccccc3)c3cc4c(c(-c5cc(Cl)c(F)cc5F)n3)OC[C@]4(C)C(N)=O)cc(C)c2nn1. The molecule has 0 saturated carbocycles. The van der Waals surface area contributed by atoms with Crippen LogP contribution in [0, 0.1) is 18.6 Å². The number of rotatable bonds is 9. The lowest BCUT2D eigenvalue weighted by molar-refractivity contribution is -0.123. The van der Waals surface area contributed by atoms with Gasteiger partial charge in [-0.15, -0.1) is 5.10 Å². The normalized spacial score (nSPS) is 17.1. The molecule has 0 fully saturated rings. The highest BCUT2D eigenvalue weighted by Crippen LogP contribution is 2.47. The lowest BCUT2D eigenvalue weighted by atomic mass is 9.80. The number of halogens is 4. The van der Waals surface area contributed by atoms with Crippen molar-refractivity contribution in [1.82, 2.24) is 20.5 Å². The maximum atomic E-state index is 15.3. The molecule has 9 nitrogen and oxygen atoms in total. The third-order valence-electron chi connectivity index (χ3n) is 8.71. The van der Waals surface area contributed by atoms with Crippen LogP contribution in [-0.2, 0) is 15.8 Å². The molecule has 250 valence electrons. The van der Waals surface area contributed by atoms with Crippen molar-refractivity contribution in [3.05, 3.63) is 130 Å². The van der Waals surface area contributed by atoms with Crippen LogP contribution in [0.1, 0.15) is 51.5 Å². The van der Waals surface area contributed by atoms with E-state index in [4.69, 9.17) is 22.1 Å². The number of carbonyl (C=O) groups excluding carboxylic acids is 2. The number of amides is 2. The average molecular weight is 688 g/mol. The second kappa shape index (κ2) is 12.6. The van der Waals surface area contributed by atoms with Gasteiger partial charge in [0.15, 0.2) is 6.17 Å². The zero-order valence-electron chi connectivity index (χ0n) is 26.2. The Morgan fingerprint density at radius 1 is 1.14 bits per heavy atom. The molecule has 0 bridgehead atoms. The van der Waals surface area contributed by atoms with Gasteiger partial charge in [-0.25, -0.2) is 18.2 Å². The number of ether oxygens (including phenoxy) is 1. The van der Waals surface area contributed by atoms with Gasteiger partial charge in [-0.3, -0.25) is 9.59 Å². The Morgan fingerprint density at radius 3 is 2.57 bits per heavy atom. The maximum absolute atomic E-state index is 15.3. The molecule has 4 N–H and O–H groups in total. The van der Waals surface area contributed by atoms with E-state index in [0.29, 0.717) is 28.1 Å². The largest absolute Gasteiger partial charge is 0.489 e. The van der Waals surface area contributed by atoms with Crippen molar-refractivity contribution in [1.29, 1.82) is 0 Å². The number of nitrogens with one attached hydrogen (secondary N) is 1. The molecule has 2 aromatic heterocycles. The monoisotopic (exact) mass is 687 g/mol. The van der Waals surface area contributed by atoms with Gasteiger partial charge in [0.05, 0.1) is 22.8 Å². The number of pyridine rings is 1. The minimum Gasteiger partial charge on any atom is -0.489 e. The standard InChI is InChI=1S/C36H29ClF3N5O4/c1-4-25(38)28-12-19-11-20(10-18(2)30(19)45-44-28)33(46)42-16-36(48,21-8-6-5-7-9-21)29-14-23-32(49-17-35(23,3)34(41)47)31(43-29)22-13-24(37)27(40)15-26(22)39/h4-15,25,48H,1,16-17H2,2-3H3,(H2,41,47)(H,42,46)/t25?,35-,36+/m0/s1. The van der Waals surface area contributed by atoms with Gasteiger partial charge in [0.25, 0.3) is 5.91 Å². The number of nitrogens with zero attached hydrogens (tertiary/aromatic N) is 3. The number of aryl methyl sites for hydroxylation is 1. The molecule has 0 radical (unpaired) electrons. The number of fused-ring (bicyclic) bond motifs is 2. The molecule has 3 heterocycles. The molecule has 13 heteroatoms. The summed E-state index contributed by atoms with van der Waals surface area (Å²) < 4.78 is 49.6. The van der Waals surface area contributed by atoms with Crippen LogP contribution in [0.3, 0.4) is 0 Å². The van der Waals surface area contributed by atoms with E-state index in [0.717, 1.165) is 12.1 Å². The second-order valence-electron chi connectivity index (χ2n) is 12.0. The van der Waals surface area contributed by atoms with E-state index in [2.05, 4.69) is 27.1 Å². The number of hydrogen-bond acceptors (Lipinski definition) is 7. The van der Waals surface area contributed by atoms with Gasteiger partial charge in [-0.1, -0.05) is 54.6 Å². The highest BCUT2D eigenvalue weighted by atomic mass is 35.5. The molecule has 3 aromatic carbocycles. The molecule has 1 aliphatic heterocycles. The van der Waals surface area contributed by atoms with Crippen molar-refractivity contribution in [2.75, 3.05) is 13.2 Å². The van der Waals surface area contributed by atoms with Crippen LogP contribution in [0.4, 0.5) is 13.2 Å². The number of alkyl halides is 1. The fraction of sp³-hybridized carbons (Fsp3) is 0.194. The highest BCUT2D eigenvalue weighted by Gasteiger charge is 2.46. The van der Waals surface area contributed by atoms with Crippen molar-refractivity contribution in [3.8, 4) is 17.0 Å². The molecule has 6 rings (SSSR count). The molecular formula is C36H29ClF3N5O4. The minimum atomic E-state index is -2.09. The van der Waals surface area contributed by atoms with Gasteiger partial charge in [-0.05, 0) is 55.3 Å². The summed E-state index contributed by atoms with van der Waals surface area (Å²) in [6.45, 7) is 6.03. The summed E-state index contributed by atoms with van der Waals surface area (Å²) in [4.78, 5) is 31.0. The Bertz CT molecular complexity index is 2170. The van der Waals surface area contributed by atoms with E-state index in [1.807, 2.05) is 0 Å². The first-order valence-corrected chi connectivity index (χ1v) is 15.4. The van der Waals surface area contributed by atoms with Gasteiger partial charge in [0, 0.05) is 28.1 Å². The van der Waals surface area contributed by atoms with Crippen molar-refractivity contribution in [3.63, 3.8) is 0 Å². The molecule has 5 aromatic rings. The van der Waals surface area contributed by atoms with Crippen LogP contribution in [0.25, 0.3) is 22.2 Å². The van der Waals surface area contributed by atoms with Crippen molar-refractivity contribution in [2.45, 2.75) is 31.0 Å². The Morgan fingerprint density at radius 2 is 1.88 bits per heavy atom. The third-order valence-corrected chi connectivity index (χ3v) is 9.00. The molecule has 49 heavy (non-hydrogen) atoms. The number of carbonyl (C=O) groups is 2. The molecular weight excluding hydrogens is 659 g/mol. The number of aliphatic hydroxyl groups is 1. The van der Waals surface area contributed by atoms with Crippen molar-refractivity contribution >= 4 is 34.3 Å². The Balaban J connectivity index is 1.47. The van der Waals surface area contributed by atoms with E-state index < -0.39 is 52.2 Å². The first kappa shape index (κ1) is 33.6. The lowest BCUT2D eigenvalue weighted by Crippen LogP contribution is -2.43. The van der Waals surface area contributed by atoms with Gasteiger partial charge in [0.2, 0.25) is 5.91 Å². The molecule has 1 aliphatic rings. The first-order chi connectivity index (χ1) is 23.3. The molecule has 1 unspecified atom stereocenters. The molecule has 0 saturated heterocycles. The number of benzene rings is 3. The van der Waals surface area contributed by atoms with Gasteiger partial charge < -0.3 is 20.9 Å². The van der Waals surface area contributed by atoms with Gasteiger partial charge in [0.1, 0.15) is 46.4 Å². The molecule has 0 spiro atoms. The van der Waals surface area contributed by atoms with Crippen molar-refractivity contribution in [2.24, 2.45) is 5.73 Å². The van der Waals surface area contributed by atoms with E-state index in [1.165, 1.54) is 25.1 Å². The van der Waals surface area contributed by atoms with Crippen LogP contribution < -0.4 is 15.8 Å². The first-order valence-electron chi connectivity index (χ1n) is 15.0. The topological polar surface area (TPSA) is 140 Å². The van der Waals surface area contributed by atoms with Gasteiger partial charge >= 0.3 is 0 Å². The predicted octanol–water partition coefficient (Wildman–Crippen LogP) is 5.93. The Hall–Kier alpha value is -5.33. The number of nitrogens with two attached hydrogens (primary N) is 1. The van der Waals surface area contributed by atoms with E-state index in [-0.39, 0.29) is 46.1 Å². The molecule has 2 amide bonds. The summed E-state index contributed by atoms with van der Waals surface area (Å²) in [5.41, 5.74) is 3.56. The number of allylic oxidation sites excluding steroid dienone is 1. The van der Waals surface area contributed by atoms with E-state index >= 15 is 4.39 Å². The summed E-state index contributed by atoms with van der Waals surface area (Å²) in [7, 11) is 0. The second-order valence-corrected chi connectivity index (χ2v) is 12.4. The Kier molecular flexibility index (Phi) is 8.63. The minimum absolute atomic E-state index is 0.00662. The van der Waals surface area contributed by atoms with E-state index in [1.54, 1.807) is 43.3 Å². The number of primary amides is 1. The summed E-state index contributed by atoms with van der Waals surface area (Å²) >= 11 is 6.03. The third kappa shape index (κ3) is 5.87. The van der Waals surface area contributed by atoms with Crippen LogP contribution >= 0.6 is 11.6 Å². The zero-order valence-corrected chi connectivity index (χ0v) is 27.0. The summed E-state index contributed by atoms with van der Waals surface area (Å²) in [6, 6.07) is 15.9. The summed E-state index contributed by atoms with van der Waals surface area (Å²) in [6.07, 6.45) is -0.472. The smallest absolute Gasteiger partial charge is 0.251 e. The zero-order chi connectivity index (χ0) is 35.2. The quantitative estimate of drug-likeness (QED) is 0.129. The molecule has 3 atom stereocenters. The highest BCUT2D eigenvalue weighted by molar-refractivity contribution is 6.31. The van der Waals surface area contributed by atoms with Crippen LogP contribution in [0.5, 0.6) is 5.75 Å². The summed E-state index contributed by atoms with van der Waals surface area (Å²) in [5, 5.41) is 23.3. The average Bonchev–Trinajstić information content (AvgIpc) is 3.45. The predicted molar refractivity (Wildman–Crippen MR) is 177 cm³/mol. The number of hydrogen-bond donors (Lipinski definition) is 3. The number of aromatic nitrogens is 3. The van der Waals surface area contributed by atoms with E-state index in [9.17, 15) is 23.5 Å². The fourth-order valence-corrected chi connectivity index (χ4v) is 5.95. The lowest BCUT2D eigenvalue weighted by Gasteiger charge is -2.30. The van der Waals surface area contributed by atoms with Crippen molar-refractivity contribution < 1.29 is 32.6 Å².